The molecule has 1 aromatic heterocycles. The Hall–Kier alpha value is -3.68. The number of phenols is 1. The van der Waals surface area contributed by atoms with E-state index in [4.69, 9.17) is 0 Å². The van der Waals surface area contributed by atoms with Crippen LogP contribution >= 0.6 is 0 Å². The predicted octanol–water partition coefficient (Wildman–Crippen LogP) is 3.99. The lowest BCUT2D eigenvalue weighted by atomic mass is 10.1. The molecule has 8 heteroatoms. The summed E-state index contributed by atoms with van der Waals surface area (Å²) in [6.07, 6.45) is 1.95. The molecule has 0 aliphatic heterocycles. The minimum Gasteiger partial charge on any atom is -0.507 e. The fourth-order valence-corrected chi connectivity index (χ4v) is 3.24. The molecule has 1 aliphatic carbocycles. The molecule has 0 unspecified atom stereocenters. The molecular weight excluding hydrogens is 387 g/mol. The van der Waals surface area contributed by atoms with E-state index < -0.39 is 0 Å². The summed E-state index contributed by atoms with van der Waals surface area (Å²) in [5.74, 6) is -0.356. The Balaban J connectivity index is 1.57. The topological polar surface area (TPSA) is 96.3 Å². The minimum atomic E-state index is -0.387. The van der Waals surface area contributed by atoms with Gasteiger partial charge in [-0.05, 0) is 48.7 Å². The van der Waals surface area contributed by atoms with Crippen molar-refractivity contribution in [2.75, 3.05) is 5.32 Å². The number of carbonyl (C=O) groups is 2. The van der Waals surface area contributed by atoms with E-state index in [0.717, 1.165) is 24.1 Å². The molecule has 1 fully saturated rings. The van der Waals surface area contributed by atoms with Gasteiger partial charge in [0.05, 0.1) is 11.4 Å². The zero-order valence-electron chi connectivity index (χ0n) is 16.4. The SMILES string of the molecule is CC(=O)Nc1ccc(-c2cc(C3CC3)n(C(=O)NCc3ccc(F)cc3)n2)c(O)c1. The molecule has 0 saturated heterocycles. The van der Waals surface area contributed by atoms with Gasteiger partial charge in [0.2, 0.25) is 5.91 Å². The van der Waals surface area contributed by atoms with Gasteiger partial charge in [-0.2, -0.15) is 9.78 Å². The summed E-state index contributed by atoms with van der Waals surface area (Å²) < 4.78 is 14.4. The van der Waals surface area contributed by atoms with Crippen LogP contribution in [0.3, 0.4) is 0 Å². The van der Waals surface area contributed by atoms with Crippen molar-refractivity contribution in [2.24, 2.45) is 0 Å². The van der Waals surface area contributed by atoms with Gasteiger partial charge in [-0.1, -0.05) is 12.1 Å². The van der Waals surface area contributed by atoms with Crippen molar-refractivity contribution in [3.63, 3.8) is 0 Å². The molecule has 2 amide bonds. The summed E-state index contributed by atoms with van der Waals surface area (Å²) in [5.41, 5.74) is 2.97. The molecule has 1 heterocycles. The maximum atomic E-state index is 13.0. The van der Waals surface area contributed by atoms with E-state index >= 15 is 0 Å². The number of aromatic hydroxyl groups is 1. The average Bonchev–Trinajstić information content (AvgIpc) is 3.46. The lowest BCUT2D eigenvalue weighted by molar-refractivity contribution is -0.114. The fourth-order valence-electron chi connectivity index (χ4n) is 3.24. The first kappa shape index (κ1) is 19.6. The smallest absolute Gasteiger partial charge is 0.342 e. The standard InChI is InChI=1S/C22H21FN4O3/c1-13(28)25-17-8-9-18(21(29)10-17)19-11-20(15-4-5-15)27(26-19)22(30)24-12-14-2-6-16(23)7-3-14/h2-3,6-11,15,29H,4-5,12H2,1H3,(H,24,30)(H,25,28). The Morgan fingerprint density at radius 1 is 1.17 bits per heavy atom. The number of halogens is 1. The Morgan fingerprint density at radius 3 is 2.53 bits per heavy atom. The number of nitrogens with zero attached hydrogens (tertiary/aromatic N) is 2. The minimum absolute atomic E-state index is 0.0417. The highest BCUT2D eigenvalue weighted by Crippen LogP contribution is 2.42. The first-order chi connectivity index (χ1) is 14.4. The van der Waals surface area contributed by atoms with Crippen molar-refractivity contribution < 1.29 is 19.1 Å². The zero-order valence-corrected chi connectivity index (χ0v) is 16.4. The van der Waals surface area contributed by atoms with Crippen molar-refractivity contribution in [2.45, 2.75) is 32.2 Å². The van der Waals surface area contributed by atoms with Crippen molar-refractivity contribution in [3.8, 4) is 17.0 Å². The third-order valence-corrected chi connectivity index (χ3v) is 4.88. The number of rotatable bonds is 5. The maximum absolute atomic E-state index is 13.0. The van der Waals surface area contributed by atoms with Gasteiger partial charge in [-0.3, -0.25) is 4.79 Å². The largest absolute Gasteiger partial charge is 0.507 e. The molecule has 7 nitrogen and oxygen atoms in total. The van der Waals surface area contributed by atoms with E-state index in [1.165, 1.54) is 29.8 Å². The molecule has 2 aromatic carbocycles. The number of amides is 2. The first-order valence-corrected chi connectivity index (χ1v) is 9.64. The van der Waals surface area contributed by atoms with Crippen molar-refractivity contribution in [1.29, 1.82) is 0 Å². The normalized spacial score (nSPS) is 13.1. The molecule has 0 spiro atoms. The Bertz CT molecular complexity index is 1100. The summed E-state index contributed by atoms with van der Waals surface area (Å²) in [6, 6.07) is 12.1. The van der Waals surface area contributed by atoms with Crippen molar-refractivity contribution >= 4 is 17.6 Å². The monoisotopic (exact) mass is 408 g/mol. The van der Waals surface area contributed by atoms with Crippen LogP contribution in [0.4, 0.5) is 14.9 Å². The summed E-state index contributed by atoms with van der Waals surface area (Å²) in [6.45, 7) is 1.63. The second-order valence-electron chi connectivity index (χ2n) is 7.34. The summed E-state index contributed by atoms with van der Waals surface area (Å²) in [7, 11) is 0. The van der Waals surface area contributed by atoms with Gasteiger partial charge in [0.25, 0.3) is 0 Å². The van der Waals surface area contributed by atoms with Gasteiger partial charge < -0.3 is 15.7 Å². The van der Waals surface area contributed by atoms with E-state index in [0.29, 0.717) is 16.9 Å². The number of nitrogens with one attached hydrogen (secondary N) is 2. The van der Waals surface area contributed by atoms with Gasteiger partial charge in [-0.15, -0.1) is 0 Å². The van der Waals surface area contributed by atoms with E-state index in [2.05, 4.69) is 15.7 Å². The Kier molecular flexibility index (Phi) is 5.22. The van der Waals surface area contributed by atoms with Gasteiger partial charge >= 0.3 is 6.03 Å². The number of carbonyl (C=O) groups excluding carboxylic acids is 2. The molecule has 3 aromatic rings. The summed E-state index contributed by atoms with van der Waals surface area (Å²) in [5, 5.41) is 20.2. The highest BCUT2D eigenvalue weighted by atomic mass is 19.1. The van der Waals surface area contributed by atoms with Crippen LogP contribution in [-0.2, 0) is 11.3 Å². The second kappa shape index (κ2) is 7.98. The van der Waals surface area contributed by atoms with Crippen molar-refractivity contribution in [3.05, 3.63) is 65.6 Å². The Morgan fingerprint density at radius 2 is 1.90 bits per heavy atom. The van der Waals surface area contributed by atoms with Crippen LogP contribution in [0.5, 0.6) is 5.75 Å². The lowest BCUT2D eigenvalue weighted by Gasteiger charge is -2.08. The molecule has 0 bridgehead atoms. The average molecular weight is 408 g/mol. The first-order valence-electron chi connectivity index (χ1n) is 9.64. The third-order valence-electron chi connectivity index (χ3n) is 4.88. The number of hydrogen-bond donors (Lipinski definition) is 3. The van der Waals surface area contributed by atoms with E-state index in [9.17, 15) is 19.1 Å². The lowest BCUT2D eigenvalue weighted by Crippen LogP contribution is -2.30. The zero-order chi connectivity index (χ0) is 21.3. The number of phenolic OH excluding ortho intramolecular Hbond substituents is 1. The highest BCUT2D eigenvalue weighted by Gasteiger charge is 2.30. The van der Waals surface area contributed by atoms with Crippen LogP contribution in [0.2, 0.25) is 0 Å². The number of aromatic nitrogens is 2. The van der Waals surface area contributed by atoms with Crippen LogP contribution in [-0.4, -0.2) is 26.8 Å². The van der Waals surface area contributed by atoms with Crippen LogP contribution in [0.25, 0.3) is 11.3 Å². The number of benzene rings is 2. The van der Waals surface area contributed by atoms with Gasteiger partial charge in [0.15, 0.2) is 0 Å². The number of hydrogen-bond acceptors (Lipinski definition) is 4. The number of anilines is 1. The van der Waals surface area contributed by atoms with E-state index in [-0.39, 0.29) is 36.0 Å². The van der Waals surface area contributed by atoms with E-state index in [1.807, 2.05) is 6.07 Å². The molecule has 30 heavy (non-hydrogen) atoms. The third kappa shape index (κ3) is 4.32. The maximum Gasteiger partial charge on any atom is 0.342 e. The molecule has 154 valence electrons. The fraction of sp³-hybridized carbons (Fsp3) is 0.227. The van der Waals surface area contributed by atoms with Gasteiger partial charge in [0.1, 0.15) is 11.6 Å². The predicted molar refractivity (Wildman–Crippen MR) is 110 cm³/mol. The van der Waals surface area contributed by atoms with Gasteiger partial charge in [0, 0.05) is 36.7 Å². The van der Waals surface area contributed by atoms with Crippen molar-refractivity contribution in [1.82, 2.24) is 15.1 Å². The molecule has 4 rings (SSSR count). The van der Waals surface area contributed by atoms with Crippen LogP contribution in [0.15, 0.2) is 48.5 Å². The highest BCUT2D eigenvalue weighted by molar-refractivity contribution is 5.89. The summed E-state index contributed by atoms with van der Waals surface area (Å²) in [4.78, 5) is 23.9. The quantitative estimate of drug-likeness (QED) is 0.595. The molecule has 1 saturated carbocycles. The van der Waals surface area contributed by atoms with E-state index in [1.54, 1.807) is 24.3 Å². The molecular formula is C22H21FN4O3. The Labute approximate surface area is 172 Å². The molecule has 0 radical (unpaired) electrons. The van der Waals surface area contributed by atoms with Crippen LogP contribution in [0.1, 0.15) is 36.9 Å². The van der Waals surface area contributed by atoms with Gasteiger partial charge in [-0.25, -0.2) is 9.18 Å². The molecule has 1 aliphatic rings. The molecule has 0 atom stereocenters. The van der Waals surface area contributed by atoms with Crippen LogP contribution in [0, 0.1) is 5.82 Å². The summed E-state index contributed by atoms with van der Waals surface area (Å²) >= 11 is 0. The molecule has 3 N–H and O–H groups in total. The van der Waals surface area contributed by atoms with Crippen LogP contribution < -0.4 is 10.6 Å². The second-order valence-corrected chi connectivity index (χ2v) is 7.34.